The molecule has 1 aliphatic rings. The number of amides is 1. The molecule has 3 aromatic rings. The van der Waals surface area contributed by atoms with E-state index in [0.29, 0.717) is 17.0 Å². The van der Waals surface area contributed by atoms with Gasteiger partial charge < -0.3 is 14.0 Å². The van der Waals surface area contributed by atoms with Crippen molar-refractivity contribution in [2.45, 2.75) is 20.8 Å². The fraction of sp³-hybridized carbons (Fsp3) is 0.185. The normalized spacial score (nSPS) is 14.9. The van der Waals surface area contributed by atoms with Gasteiger partial charge in [0.1, 0.15) is 5.75 Å². The van der Waals surface area contributed by atoms with Crippen molar-refractivity contribution in [3.8, 4) is 11.4 Å². The number of ether oxygens (including phenoxy) is 2. The molecule has 1 aromatic heterocycles. The Kier molecular flexibility index (Phi) is 5.92. The van der Waals surface area contributed by atoms with E-state index in [0.717, 1.165) is 28.4 Å². The molecule has 2 heterocycles. The highest BCUT2D eigenvalue weighted by molar-refractivity contribution is 6.23. The molecular weight excluding hydrogens is 416 g/mol. The quantitative estimate of drug-likeness (QED) is 0.413. The minimum Gasteiger partial charge on any atom is -0.497 e. The summed E-state index contributed by atoms with van der Waals surface area (Å²) >= 11 is 0. The third-order valence-corrected chi connectivity index (χ3v) is 5.90. The van der Waals surface area contributed by atoms with Gasteiger partial charge >= 0.3 is 5.97 Å². The summed E-state index contributed by atoms with van der Waals surface area (Å²) in [5.74, 6) is -0.00714. The molecule has 0 saturated carbocycles. The molecule has 1 aliphatic heterocycles. The van der Waals surface area contributed by atoms with Crippen LogP contribution in [0.1, 0.15) is 23.9 Å². The van der Waals surface area contributed by atoms with Crippen LogP contribution < -0.4 is 9.64 Å². The summed E-state index contributed by atoms with van der Waals surface area (Å²) in [7, 11) is 2.96. The zero-order valence-electron chi connectivity index (χ0n) is 19.4. The first-order chi connectivity index (χ1) is 15.9. The van der Waals surface area contributed by atoms with Gasteiger partial charge in [0.15, 0.2) is 0 Å². The molecule has 0 radical (unpaired) electrons. The van der Waals surface area contributed by atoms with Crippen LogP contribution in [-0.4, -0.2) is 30.7 Å². The van der Waals surface area contributed by atoms with Gasteiger partial charge in [0.25, 0.3) is 5.91 Å². The molecule has 6 heteroatoms. The van der Waals surface area contributed by atoms with E-state index in [4.69, 9.17) is 9.47 Å². The van der Waals surface area contributed by atoms with Crippen LogP contribution in [0.2, 0.25) is 0 Å². The summed E-state index contributed by atoms with van der Waals surface area (Å²) in [6, 6.07) is 19.1. The van der Waals surface area contributed by atoms with E-state index in [-0.39, 0.29) is 11.5 Å². The van der Waals surface area contributed by atoms with Crippen LogP contribution in [0.3, 0.4) is 0 Å². The fourth-order valence-electron chi connectivity index (χ4n) is 4.29. The summed E-state index contributed by atoms with van der Waals surface area (Å²) < 4.78 is 12.4. The van der Waals surface area contributed by atoms with Gasteiger partial charge in [-0.2, -0.15) is 0 Å². The van der Waals surface area contributed by atoms with Crippen molar-refractivity contribution >= 4 is 23.6 Å². The van der Waals surface area contributed by atoms with Gasteiger partial charge in [-0.1, -0.05) is 18.2 Å². The molecule has 0 saturated heterocycles. The number of hydrogen-bond donors (Lipinski definition) is 0. The Bertz CT molecular complexity index is 1280. The number of carbonyl (C=O) groups excluding carboxylic acids is 2. The molecule has 0 unspecified atom stereocenters. The third kappa shape index (κ3) is 3.84. The Morgan fingerprint density at radius 2 is 1.58 bits per heavy atom. The number of nitrogens with zero attached hydrogens (tertiary/aromatic N) is 2. The number of benzene rings is 2. The summed E-state index contributed by atoms with van der Waals surface area (Å²) in [5, 5.41) is 0. The van der Waals surface area contributed by atoms with Crippen LogP contribution in [0.25, 0.3) is 11.8 Å². The van der Waals surface area contributed by atoms with Gasteiger partial charge in [-0.05, 0) is 74.9 Å². The summed E-state index contributed by atoms with van der Waals surface area (Å²) in [4.78, 5) is 27.7. The lowest BCUT2D eigenvalue weighted by atomic mass is 10.0. The highest BCUT2D eigenvalue weighted by Crippen LogP contribution is 2.36. The van der Waals surface area contributed by atoms with E-state index in [1.54, 1.807) is 25.0 Å². The first kappa shape index (κ1) is 22.1. The molecule has 2 aromatic carbocycles. The van der Waals surface area contributed by atoms with Crippen LogP contribution in [0.15, 0.2) is 77.5 Å². The molecule has 168 valence electrons. The number of hydrogen-bond acceptors (Lipinski definition) is 4. The summed E-state index contributed by atoms with van der Waals surface area (Å²) in [6.07, 6.45) is 1.78. The minimum atomic E-state index is -0.533. The highest BCUT2D eigenvalue weighted by Gasteiger charge is 2.38. The number of allylic oxidation sites excluding steroid dienone is 1. The van der Waals surface area contributed by atoms with Crippen molar-refractivity contribution in [3.63, 3.8) is 0 Å². The minimum absolute atomic E-state index is 0.256. The molecule has 4 rings (SSSR count). The number of aromatic nitrogens is 1. The van der Waals surface area contributed by atoms with Gasteiger partial charge in [-0.3, -0.25) is 9.69 Å². The average Bonchev–Trinajstić information content (AvgIpc) is 3.25. The zero-order valence-corrected chi connectivity index (χ0v) is 19.4. The molecule has 0 fully saturated rings. The maximum Gasteiger partial charge on any atom is 0.340 e. The molecule has 33 heavy (non-hydrogen) atoms. The number of methoxy groups -OCH3 is 2. The van der Waals surface area contributed by atoms with Crippen molar-refractivity contribution in [2.75, 3.05) is 19.1 Å². The zero-order chi connectivity index (χ0) is 23.7. The molecule has 1 amide bonds. The maximum absolute atomic E-state index is 13.5. The Labute approximate surface area is 193 Å². The third-order valence-electron chi connectivity index (χ3n) is 5.90. The van der Waals surface area contributed by atoms with E-state index in [2.05, 4.69) is 4.57 Å². The molecule has 0 spiro atoms. The molecule has 6 nitrogen and oxygen atoms in total. The summed E-state index contributed by atoms with van der Waals surface area (Å²) in [6.45, 7) is 5.76. The second-order valence-electron chi connectivity index (χ2n) is 7.85. The number of anilines is 1. The fourth-order valence-corrected chi connectivity index (χ4v) is 4.29. The second-order valence-corrected chi connectivity index (χ2v) is 7.85. The van der Waals surface area contributed by atoms with Crippen molar-refractivity contribution in [3.05, 3.63) is 94.5 Å². The number of carbonyl (C=O) groups is 2. The van der Waals surface area contributed by atoms with E-state index >= 15 is 0 Å². The van der Waals surface area contributed by atoms with Gasteiger partial charge in [-0.25, -0.2) is 4.79 Å². The van der Waals surface area contributed by atoms with E-state index in [9.17, 15) is 9.59 Å². The number of rotatable bonds is 5. The second kappa shape index (κ2) is 8.82. The number of esters is 1. The molecule has 0 N–H and O–H groups in total. The van der Waals surface area contributed by atoms with E-state index in [1.807, 2.05) is 74.5 Å². The number of para-hydroxylation sites is 1. The van der Waals surface area contributed by atoms with Crippen molar-refractivity contribution in [2.24, 2.45) is 0 Å². The first-order valence-corrected chi connectivity index (χ1v) is 10.6. The maximum atomic E-state index is 13.5. The van der Waals surface area contributed by atoms with E-state index < -0.39 is 5.97 Å². The topological polar surface area (TPSA) is 60.8 Å². The standard InChI is InChI=1S/C27H26N2O4/c1-17-15-20(18(2)28(17)22-11-13-23(32-4)14-12-22)16-24-25(27(31)33-5)19(3)29(26(24)30)21-9-7-6-8-10-21/h6-16H,1-5H3. The molecule has 0 atom stereocenters. The Hall–Kier alpha value is -4.06. The molecule has 0 bridgehead atoms. The largest absolute Gasteiger partial charge is 0.497 e. The lowest BCUT2D eigenvalue weighted by Crippen LogP contribution is -2.24. The number of aryl methyl sites for hydroxylation is 1. The molecular formula is C27H26N2O4. The highest BCUT2D eigenvalue weighted by atomic mass is 16.5. The van der Waals surface area contributed by atoms with Crippen LogP contribution in [-0.2, 0) is 14.3 Å². The van der Waals surface area contributed by atoms with E-state index in [1.165, 1.54) is 7.11 Å². The monoisotopic (exact) mass is 442 g/mol. The Balaban J connectivity index is 1.82. The SMILES string of the molecule is COC(=O)C1=C(C)N(c2ccccc2)C(=O)C1=Cc1cc(C)n(-c2ccc(OC)cc2)c1C. The van der Waals surface area contributed by atoms with Gasteiger partial charge in [0.05, 0.1) is 25.4 Å². The molecule has 0 aliphatic carbocycles. The van der Waals surface area contributed by atoms with Crippen molar-refractivity contribution in [1.82, 2.24) is 4.57 Å². The Morgan fingerprint density at radius 3 is 2.18 bits per heavy atom. The predicted molar refractivity (Wildman–Crippen MR) is 128 cm³/mol. The van der Waals surface area contributed by atoms with Crippen LogP contribution in [0.5, 0.6) is 5.75 Å². The smallest absolute Gasteiger partial charge is 0.340 e. The van der Waals surface area contributed by atoms with Crippen molar-refractivity contribution < 1.29 is 19.1 Å². The van der Waals surface area contributed by atoms with Crippen LogP contribution in [0, 0.1) is 13.8 Å². The lowest BCUT2D eigenvalue weighted by molar-refractivity contribution is -0.136. The summed E-state index contributed by atoms with van der Waals surface area (Å²) in [5.41, 5.74) is 5.66. The Morgan fingerprint density at radius 1 is 0.909 bits per heavy atom. The first-order valence-electron chi connectivity index (χ1n) is 10.6. The van der Waals surface area contributed by atoms with Gasteiger partial charge in [-0.15, -0.1) is 0 Å². The van der Waals surface area contributed by atoms with Crippen LogP contribution in [0.4, 0.5) is 5.69 Å². The van der Waals surface area contributed by atoms with Gasteiger partial charge in [0, 0.05) is 28.5 Å². The average molecular weight is 443 g/mol. The van der Waals surface area contributed by atoms with Crippen molar-refractivity contribution in [1.29, 1.82) is 0 Å². The lowest BCUT2D eigenvalue weighted by Gasteiger charge is -2.17. The van der Waals surface area contributed by atoms with Crippen LogP contribution >= 0.6 is 0 Å². The predicted octanol–water partition coefficient (Wildman–Crippen LogP) is 4.98. The van der Waals surface area contributed by atoms with Gasteiger partial charge in [0.2, 0.25) is 0 Å².